The van der Waals surface area contributed by atoms with Crippen LogP contribution in [0.25, 0.3) is 0 Å². The van der Waals surface area contributed by atoms with E-state index >= 15 is 0 Å². The van der Waals surface area contributed by atoms with Crippen molar-refractivity contribution in [2.24, 2.45) is 0 Å². The first-order chi connectivity index (χ1) is 7.13. The summed E-state index contributed by atoms with van der Waals surface area (Å²) in [5, 5.41) is 3.36. The van der Waals surface area contributed by atoms with Gasteiger partial charge >= 0.3 is 0 Å². The van der Waals surface area contributed by atoms with Crippen molar-refractivity contribution in [3.05, 3.63) is 0 Å². The van der Waals surface area contributed by atoms with Gasteiger partial charge in [-0.15, -0.1) is 0 Å². The zero-order valence-electron chi connectivity index (χ0n) is 9.28. The number of rotatable bonds is 5. The maximum atomic E-state index is 11.9. The first kappa shape index (κ1) is 11.4. The maximum Gasteiger partial charge on any atom is 0.214 e. The minimum Gasteiger partial charge on any atom is -0.313 e. The molecular weight excluding hydrogens is 212 g/mol. The highest BCUT2D eigenvalue weighted by Gasteiger charge is 2.37. The van der Waals surface area contributed by atoms with Crippen molar-refractivity contribution < 1.29 is 8.42 Å². The molecule has 0 amide bonds. The van der Waals surface area contributed by atoms with Crippen LogP contribution in [-0.4, -0.2) is 43.6 Å². The van der Waals surface area contributed by atoms with Crippen LogP contribution in [0.5, 0.6) is 0 Å². The molecule has 0 radical (unpaired) electrons. The van der Waals surface area contributed by atoms with Gasteiger partial charge in [-0.25, -0.2) is 8.42 Å². The molecule has 1 aliphatic carbocycles. The Morgan fingerprint density at radius 3 is 2.53 bits per heavy atom. The summed E-state index contributed by atoms with van der Waals surface area (Å²) in [6, 6.07) is 0.685. The Morgan fingerprint density at radius 1 is 1.33 bits per heavy atom. The summed E-state index contributed by atoms with van der Waals surface area (Å²) in [6.07, 6.45) is 4.38. The molecule has 0 aromatic heterocycles. The number of sulfonamides is 1. The van der Waals surface area contributed by atoms with Crippen LogP contribution in [0.3, 0.4) is 0 Å². The third kappa shape index (κ3) is 2.71. The van der Waals surface area contributed by atoms with Crippen LogP contribution < -0.4 is 5.32 Å². The monoisotopic (exact) mass is 232 g/mol. The van der Waals surface area contributed by atoms with Crippen molar-refractivity contribution in [2.75, 3.05) is 18.8 Å². The molecule has 1 saturated carbocycles. The SMILES string of the molecule is CCS(=O)(=O)N(CC1CCCN1)C1CC1. The van der Waals surface area contributed by atoms with Gasteiger partial charge in [-0.2, -0.15) is 4.31 Å². The van der Waals surface area contributed by atoms with Crippen molar-refractivity contribution >= 4 is 10.0 Å². The van der Waals surface area contributed by atoms with Crippen LogP contribution in [0.2, 0.25) is 0 Å². The largest absolute Gasteiger partial charge is 0.313 e. The van der Waals surface area contributed by atoms with Crippen LogP contribution >= 0.6 is 0 Å². The summed E-state index contributed by atoms with van der Waals surface area (Å²) in [6.45, 7) is 3.45. The van der Waals surface area contributed by atoms with Gasteiger partial charge in [0.15, 0.2) is 0 Å². The van der Waals surface area contributed by atoms with Crippen molar-refractivity contribution in [1.82, 2.24) is 9.62 Å². The molecule has 2 rings (SSSR count). The Labute approximate surface area is 92.1 Å². The molecule has 0 aromatic carbocycles. The van der Waals surface area contributed by atoms with Gasteiger partial charge in [0.05, 0.1) is 5.75 Å². The third-order valence-corrected chi connectivity index (χ3v) is 5.13. The molecule has 1 saturated heterocycles. The first-order valence-corrected chi connectivity index (χ1v) is 7.47. The van der Waals surface area contributed by atoms with Crippen LogP contribution in [0.1, 0.15) is 32.6 Å². The Hall–Kier alpha value is -0.130. The molecule has 1 atom stereocenters. The average molecular weight is 232 g/mol. The van der Waals surface area contributed by atoms with Crippen molar-refractivity contribution in [2.45, 2.75) is 44.7 Å². The van der Waals surface area contributed by atoms with Gasteiger partial charge in [-0.1, -0.05) is 0 Å². The molecule has 1 heterocycles. The van der Waals surface area contributed by atoms with Gasteiger partial charge in [0.25, 0.3) is 0 Å². The van der Waals surface area contributed by atoms with Crippen LogP contribution in [-0.2, 0) is 10.0 Å². The molecule has 0 bridgehead atoms. The zero-order valence-corrected chi connectivity index (χ0v) is 10.1. The third-order valence-electron chi connectivity index (χ3n) is 3.24. The van der Waals surface area contributed by atoms with E-state index in [1.807, 2.05) is 0 Å². The lowest BCUT2D eigenvalue weighted by Crippen LogP contribution is -2.43. The van der Waals surface area contributed by atoms with E-state index in [1.54, 1.807) is 11.2 Å². The number of hydrogen-bond donors (Lipinski definition) is 1. The molecule has 88 valence electrons. The van der Waals surface area contributed by atoms with E-state index in [4.69, 9.17) is 0 Å². The summed E-state index contributed by atoms with van der Waals surface area (Å²) in [7, 11) is -2.99. The van der Waals surface area contributed by atoms with Gasteiger partial charge in [-0.05, 0) is 39.2 Å². The van der Waals surface area contributed by atoms with Crippen molar-refractivity contribution in [3.63, 3.8) is 0 Å². The summed E-state index contributed by atoms with van der Waals surface area (Å²) in [4.78, 5) is 0. The van der Waals surface area contributed by atoms with E-state index in [0.29, 0.717) is 18.6 Å². The molecular formula is C10H20N2O2S. The van der Waals surface area contributed by atoms with Crippen LogP contribution in [0.4, 0.5) is 0 Å². The topological polar surface area (TPSA) is 49.4 Å². The number of nitrogens with zero attached hydrogens (tertiary/aromatic N) is 1. The number of hydrogen-bond acceptors (Lipinski definition) is 3. The molecule has 5 heteroatoms. The zero-order chi connectivity index (χ0) is 10.9. The van der Waals surface area contributed by atoms with Crippen molar-refractivity contribution in [3.8, 4) is 0 Å². The summed E-state index contributed by atoms with van der Waals surface area (Å²) in [5.41, 5.74) is 0. The Bertz CT molecular complexity index is 305. The lowest BCUT2D eigenvalue weighted by molar-refractivity contribution is 0.363. The highest BCUT2D eigenvalue weighted by atomic mass is 32.2. The second kappa shape index (κ2) is 4.39. The molecule has 2 fully saturated rings. The van der Waals surface area contributed by atoms with E-state index in [1.165, 1.54) is 6.42 Å². The summed E-state index contributed by atoms with van der Waals surface area (Å²) >= 11 is 0. The molecule has 2 aliphatic rings. The first-order valence-electron chi connectivity index (χ1n) is 5.86. The molecule has 15 heavy (non-hydrogen) atoms. The average Bonchev–Trinajstić information content (AvgIpc) is 2.92. The van der Waals surface area contributed by atoms with Gasteiger partial charge in [-0.3, -0.25) is 0 Å². The van der Waals surface area contributed by atoms with E-state index < -0.39 is 10.0 Å². The Morgan fingerprint density at radius 2 is 2.07 bits per heavy atom. The predicted octanol–water partition coefficient (Wildman–Crippen LogP) is 0.552. The Balaban J connectivity index is 1.99. The highest BCUT2D eigenvalue weighted by Crippen LogP contribution is 2.30. The lowest BCUT2D eigenvalue weighted by Gasteiger charge is -2.24. The van der Waals surface area contributed by atoms with Crippen molar-refractivity contribution in [1.29, 1.82) is 0 Å². The molecule has 0 aromatic rings. The predicted molar refractivity (Wildman–Crippen MR) is 60.2 cm³/mol. The fraction of sp³-hybridized carbons (Fsp3) is 1.00. The molecule has 1 N–H and O–H groups in total. The second-order valence-electron chi connectivity index (χ2n) is 4.49. The minimum absolute atomic E-state index is 0.232. The maximum absolute atomic E-state index is 11.9. The molecule has 1 aliphatic heterocycles. The van der Waals surface area contributed by atoms with Gasteiger partial charge in [0.2, 0.25) is 10.0 Å². The van der Waals surface area contributed by atoms with E-state index in [9.17, 15) is 8.42 Å². The summed E-state index contributed by atoms with van der Waals surface area (Å²) < 4.78 is 25.5. The van der Waals surface area contributed by atoms with Gasteiger partial charge < -0.3 is 5.32 Å². The normalized spacial score (nSPS) is 27.5. The van der Waals surface area contributed by atoms with E-state index in [2.05, 4.69) is 5.32 Å². The highest BCUT2D eigenvalue weighted by molar-refractivity contribution is 7.89. The molecule has 1 unspecified atom stereocenters. The summed E-state index contributed by atoms with van der Waals surface area (Å²) in [5.74, 6) is 0.232. The standard InChI is InChI=1S/C10H20N2O2S/c1-2-15(13,14)12(10-5-6-10)8-9-4-3-7-11-9/h9-11H,2-8H2,1H3. The van der Waals surface area contributed by atoms with Gasteiger partial charge in [0.1, 0.15) is 0 Å². The Kier molecular flexibility index (Phi) is 3.33. The van der Waals surface area contributed by atoms with Gasteiger partial charge in [0, 0.05) is 18.6 Å². The fourth-order valence-electron chi connectivity index (χ4n) is 2.15. The lowest BCUT2D eigenvalue weighted by atomic mass is 10.2. The fourth-order valence-corrected chi connectivity index (χ4v) is 3.55. The smallest absolute Gasteiger partial charge is 0.214 e. The number of nitrogens with one attached hydrogen (secondary N) is 1. The van der Waals surface area contributed by atoms with E-state index in [0.717, 1.165) is 25.8 Å². The second-order valence-corrected chi connectivity index (χ2v) is 6.70. The van der Waals surface area contributed by atoms with Crippen LogP contribution in [0, 0.1) is 0 Å². The quantitative estimate of drug-likeness (QED) is 0.753. The molecule has 4 nitrogen and oxygen atoms in total. The molecule has 0 spiro atoms. The van der Waals surface area contributed by atoms with Crippen LogP contribution in [0.15, 0.2) is 0 Å². The minimum atomic E-state index is -2.99. The van der Waals surface area contributed by atoms with E-state index in [-0.39, 0.29) is 5.75 Å².